The quantitative estimate of drug-likeness (QED) is 0.775. The Balaban J connectivity index is 2.04. The third kappa shape index (κ3) is 2.12. The number of nitrogens with zero attached hydrogens (tertiary/aromatic N) is 1. The molecular formula is C16H17N2O+. The largest absolute Gasteiger partial charge is 0.330 e. The van der Waals surface area contributed by atoms with E-state index in [1.54, 1.807) is 11.1 Å². The maximum absolute atomic E-state index is 12.0. The molecule has 0 fully saturated rings. The van der Waals surface area contributed by atoms with Crippen LogP contribution in [0.3, 0.4) is 0 Å². The molecule has 3 heteroatoms. The van der Waals surface area contributed by atoms with Crippen LogP contribution in [-0.2, 0) is 4.79 Å². The molecule has 3 nitrogen and oxygen atoms in total. The normalized spacial score (nSPS) is 29.2. The second-order valence-corrected chi connectivity index (χ2v) is 4.99. The highest BCUT2D eigenvalue weighted by atomic mass is 16.2. The summed E-state index contributed by atoms with van der Waals surface area (Å²) in [6.07, 6.45) is 9.93. The first-order valence-electron chi connectivity index (χ1n) is 6.53. The van der Waals surface area contributed by atoms with Crippen LogP contribution < -0.4 is 4.99 Å². The van der Waals surface area contributed by atoms with Crippen molar-refractivity contribution in [2.24, 2.45) is 5.92 Å². The van der Waals surface area contributed by atoms with E-state index in [0.29, 0.717) is 0 Å². The molecule has 1 amide bonds. The molecule has 1 aromatic carbocycles. The fourth-order valence-corrected chi connectivity index (χ4v) is 2.81. The lowest BCUT2D eigenvalue weighted by molar-refractivity contribution is -0.512. The lowest BCUT2D eigenvalue weighted by Gasteiger charge is -2.30. The summed E-state index contributed by atoms with van der Waals surface area (Å²) in [5.41, 5.74) is 1.21. The Kier molecular flexibility index (Phi) is 3.03. The number of likely N-dealkylation sites (N-methyl/N-ethyl adjacent to an activating group) is 1. The fraction of sp³-hybridized carbons (Fsp3) is 0.250. The number of carbonyl (C=O) groups excluding carboxylic acids is 1. The minimum atomic E-state index is 0.0216. The van der Waals surface area contributed by atoms with Crippen LogP contribution in [0.5, 0.6) is 0 Å². The molecule has 0 saturated carbocycles. The van der Waals surface area contributed by atoms with Gasteiger partial charge in [0.1, 0.15) is 0 Å². The van der Waals surface area contributed by atoms with Crippen LogP contribution in [0, 0.1) is 5.92 Å². The zero-order valence-corrected chi connectivity index (χ0v) is 10.9. The average molecular weight is 253 g/mol. The molecule has 0 bridgehead atoms. The van der Waals surface area contributed by atoms with Crippen molar-refractivity contribution in [3.63, 3.8) is 0 Å². The molecule has 19 heavy (non-hydrogen) atoms. The first kappa shape index (κ1) is 11.9. The van der Waals surface area contributed by atoms with Crippen molar-refractivity contribution in [2.75, 3.05) is 7.05 Å². The number of fused-ring (bicyclic) bond motifs is 1. The zero-order chi connectivity index (χ0) is 13.2. The molecule has 1 aliphatic carbocycles. The fourth-order valence-electron chi connectivity index (χ4n) is 2.81. The van der Waals surface area contributed by atoms with Crippen LogP contribution in [-0.4, -0.2) is 30.1 Å². The first-order valence-corrected chi connectivity index (χ1v) is 6.53. The van der Waals surface area contributed by atoms with Gasteiger partial charge in [0.05, 0.1) is 12.0 Å². The molecular weight excluding hydrogens is 236 g/mol. The van der Waals surface area contributed by atoms with Crippen LogP contribution in [0.15, 0.2) is 54.6 Å². The molecule has 0 spiro atoms. The number of nitrogens with one attached hydrogen (secondary N) is 1. The van der Waals surface area contributed by atoms with Crippen molar-refractivity contribution < 1.29 is 9.79 Å². The Bertz CT molecular complexity index is 559. The topological polar surface area (TPSA) is 34.3 Å². The molecule has 2 aliphatic rings. The Morgan fingerprint density at radius 1 is 1.11 bits per heavy atom. The maximum atomic E-state index is 12.0. The van der Waals surface area contributed by atoms with Crippen molar-refractivity contribution in [1.29, 1.82) is 0 Å². The van der Waals surface area contributed by atoms with E-state index in [9.17, 15) is 4.79 Å². The number of allylic oxidation sites excluding steroid dienone is 2. The zero-order valence-electron chi connectivity index (χ0n) is 10.9. The van der Waals surface area contributed by atoms with E-state index in [0.717, 1.165) is 0 Å². The van der Waals surface area contributed by atoms with Gasteiger partial charge in [-0.3, -0.25) is 4.79 Å². The second kappa shape index (κ2) is 4.84. The number of rotatable bonds is 1. The SMILES string of the molecule is CN1C(=O)C=[NH+]C(c2ccccc2)C2C=CC=CC21. The Labute approximate surface area is 113 Å². The van der Waals surface area contributed by atoms with Gasteiger partial charge in [-0.25, -0.2) is 4.99 Å². The first-order chi connectivity index (χ1) is 9.27. The van der Waals surface area contributed by atoms with Gasteiger partial charge in [-0.05, 0) is 0 Å². The van der Waals surface area contributed by atoms with Gasteiger partial charge in [0.2, 0.25) is 6.21 Å². The van der Waals surface area contributed by atoms with E-state index in [1.165, 1.54) is 5.56 Å². The van der Waals surface area contributed by atoms with Gasteiger partial charge >= 0.3 is 5.91 Å². The predicted octanol–water partition coefficient (Wildman–Crippen LogP) is 0.462. The number of hydrogen-bond donors (Lipinski definition) is 1. The Hall–Kier alpha value is -2.16. The van der Waals surface area contributed by atoms with Crippen molar-refractivity contribution in [3.8, 4) is 0 Å². The van der Waals surface area contributed by atoms with E-state index >= 15 is 0 Å². The molecule has 0 aromatic heterocycles. The van der Waals surface area contributed by atoms with Gasteiger partial charge in [0.25, 0.3) is 0 Å². The smallest absolute Gasteiger partial charge is 0.310 e. The molecule has 1 heterocycles. The number of amides is 1. The molecule has 3 rings (SSSR count). The molecule has 1 aliphatic heterocycles. The van der Waals surface area contributed by atoms with Crippen LogP contribution in [0.25, 0.3) is 0 Å². The van der Waals surface area contributed by atoms with Crippen LogP contribution in [0.1, 0.15) is 11.6 Å². The van der Waals surface area contributed by atoms with E-state index in [-0.39, 0.29) is 23.9 Å². The lowest BCUT2D eigenvalue weighted by atomic mass is 9.84. The van der Waals surface area contributed by atoms with Crippen LogP contribution >= 0.6 is 0 Å². The molecule has 0 saturated heterocycles. The second-order valence-electron chi connectivity index (χ2n) is 4.99. The predicted molar refractivity (Wildman–Crippen MR) is 74.5 cm³/mol. The summed E-state index contributed by atoms with van der Waals surface area (Å²) in [6.45, 7) is 0. The van der Waals surface area contributed by atoms with Gasteiger partial charge in [0.15, 0.2) is 6.04 Å². The molecule has 3 atom stereocenters. The van der Waals surface area contributed by atoms with Crippen molar-refractivity contribution in [3.05, 3.63) is 60.2 Å². The molecule has 1 aromatic rings. The van der Waals surface area contributed by atoms with E-state index < -0.39 is 0 Å². The standard InChI is InChI=1S/C16H16N2O/c1-18-14-10-6-5-9-13(14)16(17-11-15(18)19)12-7-3-2-4-8-12/h2-11,13-14,16H,1H3/p+1. The Morgan fingerprint density at radius 3 is 2.63 bits per heavy atom. The van der Waals surface area contributed by atoms with Crippen LogP contribution in [0.4, 0.5) is 0 Å². The van der Waals surface area contributed by atoms with Gasteiger partial charge in [-0.1, -0.05) is 54.6 Å². The number of benzene rings is 1. The molecule has 0 radical (unpaired) electrons. The summed E-state index contributed by atoms with van der Waals surface area (Å²) >= 11 is 0. The van der Waals surface area contributed by atoms with Crippen molar-refractivity contribution in [1.82, 2.24) is 4.90 Å². The summed E-state index contributed by atoms with van der Waals surface area (Å²) in [5.74, 6) is 0.272. The van der Waals surface area contributed by atoms with E-state index in [1.807, 2.05) is 31.3 Å². The molecule has 1 N–H and O–H groups in total. The molecule has 96 valence electrons. The van der Waals surface area contributed by atoms with E-state index in [4.69, 9.17) is 0 Å². The maximum Gasteiger partial charge on any atom is 0.310 e. The monoisotopic (exact) mass is 253 g/mol. The van der Waals surface area contributed by atoms with Gasteiger partial charge in [-0.2, -0.15) is 0 Å². The highest BCUT2D eigenvalue weighted by Gasteiger charge is 2.38. The summed E-state index contributed by atoms with van der Waals surface area (Å²) in [7, 11) is 1.86. The summed E-state index contributed by atoms with van der Waals surface area (Å²) in [4.78, 5) is 17.1. The van der Waals surface area contributed by atoms with Crippen LogP contribution in [0.2, 0.25) is 0 Å². The van der Waals surface area contributed by atoms with Gasteiger partial charge < -0.3 is 4.90 Å². The summed E-state index contributed by atoms with van der Waals surface area (Å²) in [5, 5.41) is 0. The van der Waals surface area contributed by atoms with Crippen molar-refractivity contribution >= 4 is 12.1 Å². The summed E-state index contributed by atoms with van der Waals surface area (Å²) in [6, 6.07) is 10.5. The lowest BCUT2D eigenvalue weighted by Crippen LogP contribution is -2.73. The Morgan fingerprint density at radius 2 is 1.84 bits per heavy atom. The number of carbonyl (C=O) groups is 1. The minimum absolute atomic E-state index is 0.0216. The summed E-state index contributed by atoms with van der Waals surface area (Å²) < 4.78 is 0. The van der Waals surface area contributed by atoms with E-state index in [2.05, 4.69) is 35.4 Å². The number of hydrogen-bond acceptors (Lipinski definition) is 1. The average Bonchev–Trinajstić information content (AvgIpc) is 2.59. The van der Waals surface area contributed by atoms with Crippen molar-refractivity contribution in [2.45, 2.75) is 12.1 Å². The van der Waals surface area contributed by atoms with Gasteiger partial charge in [-0.15, -0.1) is 0 Å². The molecule has 3 unspecified atom stereocenters. The van der Waals surface area contributed by atoms with Gasteiger partial charge in [0, 0.05) is 12.6 Å². The minimum Gasteiger partial charge on any atom is -0.330 e. The third-order valence-corrected chi connectivity index (χ3v) is 3.87. The highest BCUT2D eigenvalue weighted by Crippen LogP contribution is 2.28. The highest BCUT2D eigenvalue weighted by molar-refractivity contribution is 6.23. The third-order valence-electron chi connectivity index (χ3n) is 3.87.